The van der Waals surface area contributed by atoms with Crippen LogP contribution in [0.4, 0.5) is 4.79 Å². The third-order valence-corrected chi connectivity index (χ3v) is 11.6. The summed E-state index contributed by atoms with van der Waals surface area (Å²) in [6.45, 7) is 2.45. The van der Waals surface area contributed by atoms with Gasteiger partial charge in [0.2, 0.25) is 11.5 Å². The molecule has 0 aliphatic carbocycles. The number of para-hydroxylation sites is 1. The maximum atomic E-state index is 13.7. The van der Waals surface area contributed by atoms with Crippen LogP contribution in [0.1, 0.15) is 81.4 Å². The zero-order valence-electron chi connectivity index (χ0n) is 27.5. The van der Waals surface area contributed by atoms with Gasteiger partial charge in [-0.2, -0.15) is 11.8 Å². The summed E-state index contributed by atoms with van der Waals surface area (Å²) < 4.78 is 13.0. The summed E-state index contributed by atoms with van der Waals surface area (Å²) in [6.07, 6.45) is 5.31. The molecule has 12 nitrogen and oxygen atoms in total. The minimum Gasteiger partial charge on any atom is -0.457 e. The molecule has 7 rings (SSSR count). The molecule has 4 aliphatic rings. The largest absolute Gasteiger partial charge is 0.457 e. The van der Waals surface area contributed by atoms with E-state index in [-0.39, 0.29) is 49.0 Å². The Morgan fingerprint density at radius 3 is 2.78 bits per heavy atom. The van der Waals surface area contributed by atoms with Gasteiger partial charge in [0.15, 0.2) is 0 Å². The highest BCUT2D eigenvalue weighted by Gasteiger charge is 2.50. The molecule has 49 heavy (non-hydrogen) atoms. The van der Waals surface area contributed by atoms with Crippen LogP contribution in [0, 0.1) is 0 Å². The van der Waals surface area contributed by atoms with E-state index < -0.39 is 17.5 Å². The SMILES string of the molecule is CC[C@@]1(OC(=O)CCCCCNC(=O)CCCC[C@@H]2SC[C@@H]3NC(=O)N[C@@H]32)C(=O)OCc2c1cc1n(c2=O)Cc2cc3ccccc3nc2-1. The van der Waals surface area contributed by atoms with Gasteiger partial charge in [0, 0.05) is 46.9 Å². The van der Waals surface area contributed by atoms with Crippen molar-refractivity contribution in [3.8, 4) is 11.4 Å². The Kier molecular flexibility index (Phi) is 9.36. The molecule has 0 bridgehead atoms. The number of hydrogen-bond donors (Lipinski definition) is 3. The fraction of sp³-hybridized carbons (Fsp3) is 0.500. The summed E-state index contributed by atoms with van der Waals surface area (Å²) in [5.74, 6) is -0.276. The molecule has 1 aromatic carbocycles. The first-order valence-electron chi connectivity index (χ1n) is 17.3. The Balaban J connectivity index is 0.894. The van der Waals surface area contributed by atoms with Crippen LogP contribution in [0.3, 0.4) is 0 Å². The normalized spacial score (nSPS) is 23.2. The van der Waals surface area contributed by atoms with Crippen molar-refractivity contribution in [3.63, 3.8) is 0 Å². The van der Waals surface area contributed by atoms with Crippen LogP contribution in [0.25, 0.3) is 22.3 Å². The van der Waals surface area contributed by atoms with Gasteiger partial charge in [-0.3, -0.25) is 14.4 Å². The van der Waals surface area contributed by atoms with Crippen LogP contribution >= 0.6 is 11.8 Å². The quantitative estimate of drug-likeness (QED) is 0.107. The predicted octanol–water partition coefficient (Wildman–Crippen LogP) is 4.03. The fourth-order valence-electron chi connectivity index (χ4n) is 7.49. The zero-order valence-corrected chi connectivity index (χ0v) is 28.4. The van der Waals surface area contributed by atoms with Gasteiger partial charge in [-0.05, 0) is 50.3 Å². The van der Waals surface area contributed by atoms with Gasteiger partial charge in [-0.25, -0.2) is 14.6 Å². The first-order chi connectivity index (χ1) is 23.8. The molecule has 3 amide bonds. The highest BCUT2D eigenvalue weighted by atomic mass is 32.2. The van der Waals surface area contributed by atoms with Gasteiger partial charge in [0.05, 0.1) is 41.1 Å². The molecular formula is C36H41N5O7S. The van der Waals surface area contributed by atoms with Crippen molar-refractivity contribution in [3.05, 3.63) is 63.4 Å². The average molecular weight is 688 g/mol. The first kappa shape index (κ1) is 33.1. The molecule has 2 fully saturated rings. The van der Waals surface area contributed by atoms with Crippen molar-refractivity contribution in [1.29, 1.82) is 0 Å². The van der Waals surface area contributed by atoms with Gasteiger partial charge in [-0.15, -0.1) is 0 Å². The molecule has 3 aromatic rings. The third-order valence-electron chi connectivity index (χ3n) is 10.1. The number of thioether (sulfide) groups is 1. The molecule has 6 heterocycles. The maximum absolute atomic E-state index is 13.7. The molecule has 13 heteroatoms. The monoisotopic (exact) mass is 687 g/mol. The Morgan fingerprint density at radius 2 is 1.92 bits per heavy atom. The van der Waals surface area contributed by atoms with Crippen LogP contribution in [0.15, 0.2) is 41.2 Å². The highest BCUT2D eigenvalue weighted by Crippen LogP contribution is 2.41. The lowest BCUT2D eigenvalue weighted by molar-refractivity contribution is -0.189. The predicted molar refractivity (Wildman–Crippen MR) is 184 cm³/mol. The van der Waals surface area contributed by atoms with Crippen LogP contribution in [0.5, 0.6) is 0 Å². The van der Waals surface area contributed by atoms with E-state index in [2.05, 4.69) is 16.0 Å². The average Bonchev–Trinajstić information content (AvgIpc) is 3.77. The lowest BCUT2D eigenvalue weighted by Gasteiger charge is -2.35. The first-order valence-corrected chi connectivity index (χ1v) is 18.3. The summed E-state index contributed by atoms with van der Waals surface area (Å²) in [7, 11) is 0. The smallest absolute Gasteiger partial charge is 0.355 e. The molecule has 3 N–H and O–H groups in total. The van der Waals surface area contributed by atoms with Crippen molar-refractivity contribution < 1.29 is 28.7 Å². The summed E-state index contributed by atoms with van der Waals surface area (Å²) in [4.78, 5) is 68.8. The molecule has 0 radical (unpaired) electrons. The molecule has 4 aliphatic heterocycles. The number of amides is 3. The third kappa shape index (κ3) is 6.40. The molecule has 0 spiro atoms. The maximum Gasteiger partial charge on any atom is 0.355 e. The number of aromatic nitrogens is 2. The Bertz CT molecular complexity index is 1880. The number of unbranched alkanes of at least 4 members (excludes halogenated alkanes) is 3. The summed E-state index contributed by atoms with van der Waals surface area (Å²) in [5.41, 5.74) is 1.69. The minimum atomic E-state index is -1.72. The number of urea groups is 1. The zero-order chi connectivity index (χ0) is 34.1. The van der Waals surface area contributed by atoms with E-state index in [1.807, 2.05) is 42.1 Å². The summed E-state index contributed by atoms with van der Waals surface area (Å²) >= 11 is 1.88. The molecule has 4 atom stereocenters. The number of rotatable bonds is 13. The molecule has 0 unspecified atom stereocenters. The van der Waals surface area contributed by atoms with E-state index in [9.17, 15) is 24.0 Å². The number of fused-ring (bicyclic) bond motifs is 6. The van der Waals surface area contributed by atoms with Crippen molar-refractivity contribution in [2.45, 2.75) is 101 Å². The van der Waals surface area contributed by atoms with E-state index in [1.54, 1.807) is 17.6 Å². The number of esters is 2. The van der Waals surface area contributed by atoms with E-state index >= 15 is 0 Å². The summed E-state index contributed by atoms with van der Waals surface area (Å²) in [6, 6.07) is 11.9. The second-order valence-corrected chi connectivity index (χ2v) is 14.5. The van der Waals surface area contributed by atoms with Crippen LogP contribution in [-0.4, -0.2) is 63.1 Å². The Hall–Kier alpha value is -4.39. The second-order valence-electron chi connectivity index (χ2n) is 13.3. The van der Waals surface area contributed by atoms with Crippen molar-refractivity contribution in [2.75, 3.05) is 12.3 Å². The number of pyridine rings is 2. The standard InChI is InChI=1S/C36H41N5O7S/c1-2-36(48-30(43)14-4-3-9-15-37-29(42)13-8-7-12-28-32-26(20-49-28)39-35(46)40-32)24-17-27-31-22(16-21-10-5-6-11-25(21)38-31)18-41(27)33(44)23(24)19-47-34(36)45/h5-6,10-11,16-17,26,28,32H,2-4,7-9,12-15,18-20H2,1H3,(H,37,42)(H2,39,40,46)/t26-,28-,32-,36-/m0/s1. The van der Waals surface area contributed by atoms with E-state index in [0.29, 0.717) is 66.5 Å². The lowest BCUT2D eigenvalue weighted by atomic mass is 9.85. The van der Waals surface area contributed by atoms with E-state index in [4.69, 9.17) is 14.5 Å². The van der Waals surface area contributed by atoms with Crippen LogP contribution in [-0.2, 0) is 42.6 Å². The minimum absolute atomic E-state index is 0.0139. The number of cyclic esters (lactones) is 1. The van der Waals surface area contributed by atoms with Crippen LogP contribution in [0.2, 0.25) is 0 Å². The van der Waals surface area contributed by atoms with Gasteiger partial charge >= 0.3 is 18.0 Å². The van der Waals surface area contributed by atoms with Gasteiger partial charge in [0.25, 0.3) is 5.56 Å². The number of carbonyl (C=O) groups is 4. The fourth-order valence-corrected chi connectivity index (χ4v) is 9.03. The van der Waals surface area contributed by atoms with Gasteiger partial charge in [-0.1, -0.05) is 38.0 Å². The number of ether oxygens (including phenoxy) is 2. The van der Waals surface area contributed by atoms with Crippen molar-refractivity contribution >= 4 is 46.5 Å². The second kappa shape index (κ2) is 13.9. The van der Waals surface area contributed by atoms with Crippen LogP contribution < -0.4 is 21.5 Å². The molecule has 258 valence electrons. The molecule has 0 saturated carbocycles. The number of nitrogens with one attached hydrogen (secondary N) is 3. The van der Waals surface area contributed by atoms with Gasteiger partial charge in [0.1, 0.15) is 6.61 Å². The summed E-state index contributed by atoms with van der Waals surface area (Å²) in [5, 5.41) is 10.3. The topological polar surface area (TPSA) is 158 Å². The van der Waals surface area contributed by atoms with Gasteiger partial charge < -0.3 is 30.0 Å². The molecule has 2 aromatic heterocycles. The number of nitrogens with zero attached hydrogens (tertiary/aromatic N) is 2. The highest BCUT2D eigenvalue weighted by molar-refractivity contribution is 8.00. The number of hydrogen-bond acceptors (Lipinski definition) is 9. The van der Waals surface area contributed by atoms with E-state index in [0.717, 1.165) is 41.5 Å². The molecule has 2 saturated heterocycles. The van der Waals surface area contributed by atoms with Crippen molar-refractivity contribution in [2.24, 2.45) is 0 Å². The number of benzene rings is 1. The Morgan fingerprint density at radius 1 is 1.08 bits per heavy atom. The Labute approximate surface area is 288 Å². The van der Waals surface area contributed by atoms with E-state index in [1.165, 1.54) is 0 Å². The lowest BCUT2D eigenvalue weighted by Crippen LogP contribution is -2.47. The number of carbonyl (C=O) groups excluding carboxylic acids is 4. The van der Waals surface area contributed by atoms with Crippen molar-refractivity contribution in [1.82, 2.24) is 25.5 Å². The molecular weight excluding hydrogens is 646 g/mol.